The third-order valence-corrected chi connectivity index (χ3v) is 2.45. The van der Waals surface area contributed by atoms with Gasteiger partial charge in [-0.3, -0.25) is 9.78 Å². The summed E-state index contributed by atoms with van der Waals surface area (Å²) < 4.78 is 5.69. The van der Waals surface area contributed by atoms with Crippen LogP contribution in [0.5, 0.6) is 5.75 Å². The predicted molar refractivity (Wildman–Crippen MR) is 73.2 cm³/mol. The van der Waals surface area contributed by atoms with Crippen molar-refractivity contribution >= 4 is 12.0 Å². The number of carbonyl (C=O) groups excluding carboxylic acids is 1. The molecule has 4 heteroatoms. The molecule has 0 unspecified atom stereocenters. The molecule has 4 nitrogen and oxygen atoms in total. The number of amides is 1. The summed E-state index contributed by atoms with van der Waals surface area (Å²) in [5.74, 6) is 0.199. The largest absolute Gasteiger partial charge is 0.487 e. The molecule has 1 amide bonds. The number of rotatable bonds is 5. The van der Waals surface area contributed by atoms with Gasteiger partial charge in [0.1, 0.15) is 12.4 Å². The van der Waals surface area contributed by atoms with Gasteiger partial charge in [-0.1, -0.05) is 24.3 Å². The van der Waals surface area contributed by atoms with Crippen molar-refractivity contribution in [1.29, 1.82) is 0 Å². The Balaban J connectivity index is 2.10. The van der Waals surface area contributed by atoms with Gasteiger partial charge in [0, 0.05) is 17.8 Å². The van der Waals surface area contributed by atoms with Crippen molar-refractivity contribution in [1.82, 2.24) is 4.98 Å². The second kappa shape index (κ2) is 6.35. The average molecular weight is 254 g/mol. The fourth-order valence-corrected chi connectivity index (χ4v) is 1.56. The second-order valence-electron chi connectivity index (χ2n) is 3.88. The Morgan fingerprint density at radius 2 is 2.00 bits per heavy atom. The maximum Gasteiger partial charge on any atom is 0.241 e. The van der Waals surface area contributed by atoms with Crippen molar-refractivity contribution < 1.29 is 9.53 Å². The number of hydrogen-bond acceptors (Lipinski definition) is 3. The van der Waals surface area contributed by atoms with E-state index in [4.69, 9.17) is 10.5 Å². The third-order valence-electron chi connectivity index (χ3n) is 2.45. The van der Waals surface area contributed by atoms with Gasteiger partial charge < -0.3 is 10.5 Å². The zero-order chi connectivity index (χ0) is 13.5. The number of pyridine rings is 1. The second-order valence-corrected chi connectivity index (χ2v) is 3.88. The van der Waals surface area contributed by atoms with Gasteiger partial charge in [-0.25, -0.2) is 0 Å². The number of aromatic nitrogens is 1. The van der Waals surface area contributed by atoms with Crippen LogP contribution in [-0.4, -0.2) is 10.9 Å². The zero-order valence-corrected chi connectivity index (χ0v) is 10.3. The topological polar surface area (TPSA) is 65.2 Å². The van der Waals surface area contributed by atoms with Gasteiger partial charge in [-0.2, -0.15) is 0 Å². The number of ether oxygens (including phenoxy) is 1. The minimum atomic E-state index is -0.487. The van der Waals surface area contributed by atoms with Gasteiger partial charge in [-0.15, -0.1) is 0 Å². The fraction of sp³-hybridized carbons (Fsp3) is 0.0667. The highest BCUT2D eigenvalue weighted by molar-refractivity contribution is 5.90. The molecule has 1 heterocycles. The highest BCUT2D eigenvalue weighted by Gasteiger charge is 2.01. The number of para-hydroxylation sites is 1. The maximum atomic E-state index is 10.7. The molecule has 0 radical (unpaired) electrons. The van der Waals surface area contributed by atoms with Gasteiger partial charge in [0.05, 0.1) is 5.69 Å². The lowest BCUT2D eigenvalue weighted by Gasteiger charge is -2.08. The Labute approximate surface area is 111 Å². The van der Waals surface area contributed by atoms with Crippen LogP contribution in [0, 0.1) is 0 Å². The van der Waals surface area contributed by atoms with Crippen LogP contribution in [0.15, 0.2) is 54.7 Å². The van der Waals surface area contributed by atoms with Crippen molar-refractivity contribution in [2.75, 3.05) is 0 Å². The lowest BCUT2D eigenvalue weighted by molar-refractivity contribution is -0.113. The van der Waals surface area contributed by atoms with Gasteiger partial charge in [0.2, 0.25) is 5.91 Å². The summed E-state index contributed by atoms with van der Waals surface area (Å²) in [6.45, 7) is 0.377. The zero-order valence-electron chi connectivity index (χ0n) is 10.3. The molecule has 1 aromatic heterocycles. The van der Waals surface area contributed by atoms with E-state index in [1.807, 2.05) is 42.5 Å². The van der Waals surface area contributed by atoms with Crippen LogP contribution in [0.3, 0.4) is 0 Å². The fourth-order valence-electron chi connectivity index (χ4n) is 1.56. The van der Waals surface area contributed by atoms with E-state index >= 15 is 0 Å². The van der Waals surface area contributed by atoms with E-state index in [0.29, 0.717) is 12.4 Å². The molecule has 0 bridgehead atoms. The molecule has 0 fully saturated rings. The summed E-state index contributed by atoms with van der Waals surface area (Å²) in [5, 5.41) is 0. The lowest BCUT2D eigenvalue weighted by atomic mass is 10.2. The van der Waals surface area contributed by atoms with Crippen molar-refractivity contribution in [2.45, 2.75) is 6.61 Å². The molecule has 1 aromatic carbocycles. The van der Waals surface area contributed by atoms with Gasteiger partial charge >= 0.3 is 0 Å². The molecule has 19 heavy (non-hydrogen) atoms. The molecule has 0 aliphatic carbocycles. The minimum Gasteiger partial charge on any atom is -0.487 e. The first-order valence-electron chi connectivity index (χ1n) is 5.85. The molecular weight excluding hydrogens is 240 g/mol. The monoisotopic (exact) mass is 254 g/mol. The van der Waals surface area contributed by atoms with Crippen LogP contribution >= 0.6 is 0 Å². The first-order chi connectivity index (χ1) is 9.25. The summed E-state index contributed by atoms with van der Waals surface area (Å²) in [4.78, 5) is 14.9. The van der Waals surface area contributed by atoms with E-state index in [-0.39, 0.29) is 0 Å². The molecule has 0 spiro atoms. The molecule has 0 aliphatic heterocycles. The molecule has 0 aliphatic rings. The number of nitrogens with two attached hydrogens (primary N) is 1. The summed E-state index contributed by atoms with van der Waals surface area (Å²) in [6, 6.07) is 13.1. The molecule has 96 valence electrons. The molecule has 0 saturated heterocycles. The molecule has 2 N–H and O–H groups in total. The smallest absolute Gasteiger partial charge is 0.241 e. The van der Waals surface area contributed by atoms with Crippen LogP contribution in [0.25, 0.3) is 6.08 Å². The Hall–Kier alpha value is -2.62. The van der Waals surface area contributed by atoms with Crippen molar-refractivity contribution in [3.8, 4) is 5.75 Å². The van der Waals surface area contributed by atoms with E-state index in [2.05, 4.69) is 4.98 Å². The average Bonchev–Trinajstić information content (AvgIpc) is 2.45. The quantitative estimate of drug-likeness (QED) is 0.831. The molecule has 0 saturated carbocycles. The Bertz CT molecular complexity index is 580. The maximum absolute atomic E-state index is 10.7. The third kappa shape index (κ3) is 3.96. The van der Waals surface area contributed by atoms with Crippen molar-refractivity contribution in [3.05, 3.63) is 66.0 Å². The summed E-state index contributed by atoms with van der Waals surface area (Å²) in [5.41, 5.74) is 6.73. The lowest BCUT2D eigenvalue weighted by Crippen LogP contribution is -2.05. The summed E-state index contributed by atoms with van der Waals surface area (Å²) in [7, 11) is 0. The Morgan fingerprint density at radius 1 is 1.21 bits per heavy atom. The van der Waals surface area contributed by atoms with E-state index < -0.39 is 5.91 Å². The van der Waals surface area contributed by atoms with Crippen LogP contribution in [0.2, 0.25) is 0 Å². The molecule has 2 aromatic rings. The SMILES string of the molecule is NC(=O)/C=C\c1ccccc1OCc1ccccn1. The van der Waals surface area contributed by atoms with Crippen LogP contribution in [-0.2, 0) is 11.4 Å². The van der Waals surface area contributed by atoms with E-state index in [9.17, 15) is 4.79 Å². The van der Waals surface area contributed by atoms with E-state index in [1.165, 1.54) is 6.08 Å². The van der Waals surface area contributed by atoms with Crippen LogP contribution in [0.4, 0.5) is 0 Å². The molecule has 0 atom stereocenters. The number of nitrogens with zero attached hydrogens (tertiary/aromatic N) is 1. The highest BCUT2D eigenvalue weighted by Crippen LogP contribution is 2.20. The predicted octanol–water partition coefficient (Wildman–Crippen LogP) is 2.16. The summed E-state index contributed by atoms with van der Waals surface area (Å²) in [6.07, 6.45) is 4.66. The first kappa shape index (κ1) is 12.8. The van der Waals surface area contributed by atoms with E-state index in [1.54, 1.807) is 12.3 Å². The van der Waals surface area contributed by atoms with Gasteiger partial charge in [0.25, 0.3) is 0 Å². The summed E-state index contributed by atoms with van der Waals surface area (Å²) >= 11 is 0. The molecular formula is C15H14N2O2. The number of hydrogen-bond donors (Lipinski definition) is 1. The Morgan fingerprint density at radius 3 is 2.74 bits per heavy atom. The minimum absolute atomic E-state index is 0.377. The Kier molecular flexibility index (Phi) is 4.29. The highest BCUT2D eigenvalue weighted by atomic mass is 16.5. The van der Waals surface area contributed by atoms with E-state index in [0.717, 1.165) is 11.3 Å². The van der Waals surface area contributed by atoms with Gasteiger partial charge in [0.15, 0.2) is 0 Å². The van der Waals surface area contributed by atoms with Crippen molar-refractivity contribution in [3.63, 3.8) is 0 Å². The normalized spacial score (nSPS) is 10.5. The van der Waals surface area contributed by atoms with Crippen LogP contribution in [0.1, 0.15) is 11.3 Å². The number of benzene rings is 1. The van der Waals surface area contributed by atoms with Crippen molar-refractivity contribution in [2.24, 2.45) is 5.73 Å². The number of carbonyl (C=O) groups is 1. The number of primary amides is 1. The first-order valence-corrected chi connectivity index (χ1v) is 5.85. The standard InChI is InChI=1S/C15H14N2O2/c16-15(18)9-8-12-5-1-2-7-14(12)19-11-13-6-3-4-10-17-13/h1-10H,11H2,(H2,16,18)/b9-8-. The van der Waals surface area contributed by atoms with Gasteiger partial charge in [-0.05, 0) is 24.3 Å². The molecule has 2 rings (SSSR count). The van der Waals surface area contributed by atoms with Crippen LogP contribution < -0.4 is 10.5 Å².